The van der Waals surface area contributed by atoms with E-state index in [1.807, 2.05) is 42.5 Å². The Hall–Kier alpha value is -3.26. The molecule has 0 saturated heterocycles. The Morgan fingerprint density at radius 3 is 2.57 bits per heavy atom. The van der Waals surface area contributed by atoms with Crippen LogP contribution in [-0.2, 0) is 0 Å². The zero-order valence-corrected chi connectivity index (χ0v) is 12.8. The van der Waals surface area contributed by atoms with Crippen LogP contribution in [0.15, 0.2) is 42.5 Å². The first kappa shape index (κ1) is 14.7. The average Bonchev–Trinajstić information content (AvgIpc) is 2.60. The van der Waals surface area contributed by atoms with E-state index in [2.05, 4.69) is 11.1 Å². The first-order valence-corrected chi connectivity index (χ1v) is 7.00. The number of anilines is 1. The van der Waals surface area contributed by atoms with Gasteiger partial charge in [-0.2, -0.15) is 5.26 Å². The number of aromatic nitrogens is 1. The third-order valence-electron chi connectivity index (χ3n) is 3.71. The molecule has 0 aliphatic carbocycles. The third-order valence-corrected chi connectivity index (χ3v) is 3.71. The predicted molar refractivity (Wildman–Crippen MR) is 89.4 cm³/mol. The maximum Gasteiger partial charge on any atom is 0.142 e. The van der Waals surface area contributed by atoms with Gasteiger partial charge in [0, 0.05) is 16.5 Å². The predicted octanol–water partition coefficient (Wildman–Crippen LogP) is 3.37. The van der Waals surface area contributed by atoms with Crippen molar-refractivity contribution in [1.82, 2.24) is 4.98 Å². The minimum atomic E-state index is 0.200. The van der Waals surface area contributed by atoms with Gasteiger partial charge in [0.1, 0.15) is 28.9 Å². The van der Waals surface area contributed by atoms with Crippen LogP contribution >= 0.6 is 0 Å². The molecule has 1 aromatic heterocycles. The van der Waals surface area contributed by atoms with E-state index in [4.69, 9.17) is 15.2 Å². The first-order valence-electron chi connectivity index (χ1n) is 7.00. The van der Waals surface area contributed by atoms with Crippen molar-refractivity contribution in [1.29, 1.82) is 5.26 Å². The molecule has 3 rings (SSSR count). The summed E-state index contributed by atoms with van der Waals surface area (Å²) >= 11 is 0. The second-order valence-corrected chi connectivity index (χ2v) is 4.94. The lowest BCUT2D eigenvalue weighted by atomic mass is 9.95. The standard InChI is InChI=1S/C18H15N3O2/c1-22-11-7-8-15-13(9-11)17(14(10-19)18(20)21-15)12-5-3-4-6-16(12)23-2/h3-9H,1-2H3,(H2,20,21). The van der Waals surface area contributed by atoms with Crippen molar-refractivity contribution in [3.05, 3.63) is 48.0 Å². The van der Waals surface area contributed by atoms with Gasteiger partial charge in [-0.25, -0.2) is 4.98 Å². The SMILES string of the molecule is COc1ccc2nc(N)c(C#N)c(-c3ccccc3OC)c2c1. The van der Waals surface area contributed by atoms with E-state index in [9.17, 15) is 5.26 Å². The van der Waals surface area contributed by atoms with Crippen LogP contribution in [0, 0.1) is 11.3 Å². The van der Waals surface area contributed by atoms with Crippen molar-refractivity contribution in [2.45, 2.75) is 0 Å². The molecule has 5 nitrogen and oxygen atoms in total. The highest BCUT2D eigenvalue weighted by Gasteiger charge is 2.18. The highest BCUT2D eigenvalue weighted by atomic mass is 16.5. The number of nitrogens with zero attached hydrogens (tertiary/aromatic N) is 2. The molecule has 2 aromatic carbocycles. The number of hydrogen-bond donors (Lipinski definition) is 1. The van der Waals surface area contributed by atoms with Gasteiger partial charge in [0.2, 0.25) is 0 Å². The highest BCUT2D eigenvalue weighted by molar-refractivity contribution is 6.01. The van der Waals surface area contributed by atoms with Gasteiger partial charge < -0.3 is 15.2 Å². The Bertz CT molecular complexity index is 929. The van der Waals surface area contributed by atoms with Gasteiger partial charge in [0.15, 0.2) is 0 Å². The molecule has 1 heterocycles. The summed E-state index contributed by atoms with van der Waals surface area (Å²) in [6.07, 6.45) is 0. The van der Waals surface area contributed by atoms with E-state index in [-0.39, 0.29) is 5.82 Å². The van der Waals surface area contributed by atoms with Crippen molar-refractivity contribution in [3.8, 4) is 28.7 Å². The monoisotopic (exact) mass is 305 g/mol. The maximum absolute atomic E-state index is 9.57. The summed E-state index contributed by atoms with van der Waals surface area (Å²) in [4.78, 5) is 4.32. The number of pyridine rings is 1. The molecular weight excluding hydrogens is 290 g/mol. The molecule has 0 radical (unpaired) electrons. The first-order chi connectivity index (χ1) is 11.2. The molecule has 0 aliphatic rings. The molecule has 0 saturated carbocycles. The zero-order chi connectivity index (χ0) is 16.4. The quantitative estimate of drug-likeness (QED) is 0.802. The molecular formula is C18H15N3O2. The Kier molecular flexibility index (Phi) is 3.73. The van der Waals surface area contributed by atoms with Crippen LogP contribution in [0.4, 0.5) is 5.82 Å². The van der Waals surface area contributed by atoms with E-state index in [0.717, 1.165) is 10.9 Å². The van der Waals surface area contributed by atoms with E-state index < -0.39 is 0 Å². The van der Waals surface area contributed by atoms with Gasteiger partial charge in [-0.3, -0.25) is 0 Å². The molecule has 0 fully saturated rings. The number of ether oxygens (including phenoxy) is 2. The summed E-state index contributed by atoms with van der Waals surface area (Å²) in [5.41, 5.74) is 8.51. The molecule has 0 amide bonds. The molecule has 23 heavy (non-hydrogen) atoms. The van der Waals surface area contributed by atoms with E-state index in [1.54, 1.807) is 14.2 Å². The summed E-state index contributed by atoms with van der Waals surface area (Å²) in [5.74, 6) is 1.55. The topological polar surface area (TPSA) is 81.2 Å². The Labute approximate surface area is 133 Å². The minimum Gasteiger partial charge on any atom is -0.497 e. The second-order valence-electron chi connectivity index (χ2n) is 4.94. The molecule has 0 spiro atoms. The third kappa shape index (κ3) is 2.40. The van der Waals surface area contributed by atoms with Gasteiger partial charge in [-0.05, 0) is 24.3 Å². The summed E-state index contributed by atoms with van der Waals surface area (Å²) in [6.45, 7) is 0. The number of benzene rings is 2. The molecule has 5 heteroatoms. The van der Waals surface area contributed by atoms with Crippen LogP contribution in [0.25, 0.3) is 22.0 Å². The van der Waals surface area contributed by atoms with Crippen LogP contribution in [-0.4, -0.2) is 19.2 Å². The fraction of sp³-hybridized carbons (Fsp3) is 0.111. The Morgan fingerprint density at radius 1 is 1.09 bits per heavy atom. The van der Waals surface area contributed by atoms with Gasteiger partial charge in [-0.1, -0.05) is 18.2 Å². The van der Waals surface area contributed by atoms with Gasteiger partial charge in [0.05, 0.1) is 19.7 Å². The summed E-state index contributed by atoms with van der Waals surface area (Å²) in [7, 11) is 3.19. The Balaban J connectivity index is 2.48. The number of nitrogen functional groups attached to an aromatic ring is 1. The zero-order valence-electron chi connectivity index (χ0n) is 12.8. The molecule has 0 bridgehead atoms. The smallest absolute Gasteiger partial charge is 0.142 e. The average molecular weight is 305 g/mol. The molecule has 0 unspecified atom stereocenters. The maximum atomic E-state index is 9.57. The van der Waals surface area contributed by atoms with Crippen molar-refractivity contribution >= 4 is 16.7 Å². The van der Waals surface area contributed by atoms with Crippen LogP contribution in [0.2, 0.25) is 0 Å². The number of methoxy groups -OCH3 is 2. The lowest BCUT2D eigenvalue weighted by Gasteiger charge is -2.14. The number of hydrogen-bond acceptors (Lipinski definition) is 5. The fourth-order valence-electron chi connectivity index (χ4n) is 2.63. The number of nitrogens with two attached hydrogens (primary N) is 1. The largest absolute Gasteiger partial charge is 0.497 e. The molecule has 0 atom stereocenters. The highest BCUT2D eigenvalue weighted by Crippen LogP contribution is 2.39. The second kappa shape index (κ2) is 5.85. The fourth-order valence-corrected chi connectivity index (χ4v) is 2.63. The molecule has 0 aliphatic heterocycles. The lowest BCUT2D eigenvalue weighted by Crippen LogP contribution is -2.00. The summed E-state index contributed by atoms with van der Waals surface area (Å²) in [5, 5.41) is 10.4. The molecule has 114 valence electrons. The van der Waals surface area contributed by atoms with Crippen LogP contribution < -0.4 is 15.2 Å². The van der Waals surface area contributed by atoms with E-state index >= 15 is 0 Å². The van der Waals surface area contributed by atoms with Crippen molar-refractivity contribution in [3.63, 3.8) is 0 Å². The number of para-hydroxylation sites is 1. The summed E-state index contributed by atoms with van der Waals surface area (Å²) in [6, 6.07) is 15.2. The normalized spacial score (nSPS) is 10.3. The number of rotatable bonds is 3. The van der Waals surface area contributed by atoms with Gasteiger partial charge in [-0.15, -0.1) is 0 Å². The van der Waals surface area contributed by atoms with E-state index in [1.165, 1.54) is 0 Å². The van der Waals surface area contributed by atoms with Crippen LogP contribution in [0.5, 0.6) is 11.5 Å². The number of fused-ring (bicyclic) bond motifs is 1. The van der Waals surface area contributed by atoms with Gasteiger partial charge in [0.25, 0.3) is 0 Å². The van der Waals surface area contributed by atoms with Crippen LogP contribution in [0.1, 0.15) is 5.56 Å². The van der Waals surface area contributed by atoms with Crippen molar-refractivity contribution < 1.29 is 9.47 Å². The molecule has 3 aromatic rings. The molecule has 2 N–H and O–H groups in total. The number of nitriles is 1. The minimum absolute atomic E-state index is 0.200. The van der Waals surface area contributed by atoms with E-state index in [0.29, 0.717) is 28.1 Å². The lowest BCUT2D eigenvalue weighted by molar-refractivity contribution is 0.415. The van der Waals surface area contributed by atoms with Crippen molar-refractivity contribution in [2.75, 3.05) is 20.0 Å². The Morgan fingerprint density at radius 2 is 1.87 bits per heavy atom. The van der Waals surface area contributed by atoms with Crippen molar-refractivity contribution in [2.24, 2.45) is 0 Å². The van der Waals surface area contributed by atoms with Crippen LogP contribution in [0.3, 0.4) is 0 Å². The summed E-state index contributed by atoms with van der Waals surface area (Å²) < 4.78 is 10.7. The van der Waals surface area contributed by atoms with Gasteiger partial charge >= 0.3 is 0 Å².